The average Bonchev–Trinajstić information content (AvgIpc) is 3.07. The van der Waals surface area contributed by atoms with Crippen molar-refractivity contribution in [2.24, 2.45) is 0 Å². The predicted octanol–water partition coefficient (Wildman–Crippen LogP) is 4.19. The number of para-hydroxylation sites is 1. The molecule has 0 spiro atoms. The van der Waals surface area contributed by atoms with Crippen molar-refractivity contribution in [2.75, 3.05) is 5.73 Å². The van der Waals surface area contributed by atoms with Crippen LogP contribution in [0.4, 0.5) is 5.69 Å². The van der Waals surface area contributed by atoms with Gasteiger partial charge in [-0.2, -0.15) is 0 Å². The van der Waals surface area contributed by atoms with E-state index < -0.39 is 0 Å². The molecule has 0 unspecified atom stereocenters. The third-order valence-electron chi connectivity index (χ3n) is 4.58. The fourth-order valence-corrected chi connectivity index (χ4v) is 3.22. The lowest BCUT2D eigenvalue weighted by Gasteiger charge is -2.17. The topological polar surface area (TPSA) is 63.8 Å². The van der Waals surface area contributed by atoms with Crippen LogP contribution < -0.4 is 11.3 Å². The molecule has 2 aromatic heterocycles. The highest BCUT2D eigenvalue weighted by atomic mass is 16.1. The Kier molecular flexibility index (Phi) is 3.65. The molecule has 2 aromatic carbocycles. The van der Waals surface area contributed by atoms with Crippen molar-refractivity contribution in [2.45, 2.75) is 13.0 Å². The smallest absolute Gasteiger partial charge is 0.260 e. The van der Waals surface area contributed by atoms with Crippen molar-refractivity contribution < 1.29 is 0 Å². The van der Waals surface area contributed by atoms with Crippen LogP contribution in [0.25, 0.3) is 22.2 Å². The predicted molar refractivity (Wildman–Crippen MR) is 103 cm³/mol. The van der Waals surface area contributed by atoms with Gasteiger partial charge in [-0.3, -0.25) is 4.79 Å². The monoisotopic (exact) mass is 329 g/mol. The maximum Gasteiger partial charge on any atom is 0.260 e. The molecule has 25 heavy (non-hydrogen) atoms. The van der Waals surface area contributed by atoms with Gasteiger partial charge in [0.05, 0.1) is 17.3 Å². The van der Waals surface area contributed by atoms with Crippen LogP contribution in [0.3, 0.4) is 0 Å². The summed E-state index contributed by atoms with van der Waals surface area (Å²) >= 11 is 0. The third-order valence-corrected chi connectivity index (χ3v) is 4.58. The van der Waals surface area contributed by atoms with Crippen molar-refractivity contribution in [3.8, 4) is 11.3 Å². The Morgan fingerprint density at radius 2 is 1.72 bits per heavy atom. The van der Waals surface area contributed by atoms with E-state index in [0.29, 0.717) is 11.3 Å². The van der Waals surface area contributed by atoms with Crippen LogP contribution in [-0.2, 0) is 0 Å². The lowest BCUT2D eigenvalue weighted by molar-refractivity contribution is 0.617. The van der Waals surface area contributed by atoms with Gasteiger partial charge in [-0.25, -0.2) is 0 Å². The summed E-state index contributed by atoms with van der Waals surface area (Å²) in [5.74, 6) is 0. The van der Waals surface area contributed by atoms with Gasteiger partial charge in [0, 0.05) is 22.8 Å². The normalized spacial score (nSPS) is 12.4. The van der Waals surface area contributed by atoms with Crippen molar-refractivity contribution in [1.29, 1.82) is 0 Å². The molecule has 0 bridgehead atoms. The molecule has 124 valence electrons. The number of nitrogens with zero attached hydrogens (tertiary/aromatic N) is 1. The van der Waals surface area contributed by atoms with Gasteiger partial charge in [-0.15, -0.1) is 0 Å². The van der Waals surface area contributed by atoms with Crippen LogP contribution in [0.2, 0.25) is 0 Å². The number of hydrogen-bond donors (Lipinski definition) is 2. The molecular weight excluding hydrogens is 310 g/mol. The molecule has 0 aliphatic heterocycles. The zero-order valence-corrected chi connectivity index (χ0v) is 13.9. The SMILES string of the molecule is C[C@@H](c1ccccc1)n1cc(N)cc(-c2cc3ccccc3[nH]2)c1=O. The average molecular weight is 329 g/mol. The molecule has 0 aliphatic rings. The summed E-state index contributed by atoms with van der Waals surface area (Å²) in [5.41, 5.74) is 10.0. The Balaban J connectivity index is 1.87. The fourth-order valence-electron chi connectivity index (χ4n) is 3.22. The highest BCUT2D eigenvalue weighted by Gasteiger charge is 2.15. The first-order valence-electron chi connectivity index (χ1n) is 8.28. The molecule has 4 aromatic rings. The number of nitrogens with one attached hydrogen (secondary N) is 1. The number of anilines is 1. The highest BCUT2D eigenvalue weighted by molar-refractivity contribution is 5.86. The number of nitrogens with two attached hydrogens (primary N) is 1. The Morgan fingerprint density at radius 3 is 2.48 bits per heavy atom. The lowest BCUT2D eigenvalue weighted by Crippen LogP contribution is -2.25. The molecule has 0 aliphatic carbocycles. The van der Waals surface area contributed by atoms with E-state index in [4.69, 9.17) is 5.73 Å². The van der Waals surface area contributed by atoms with E-state index in [9.17, 15) is 4.79 Å². The van der Waals surface area contributed by atoms with E-state index in [2.05, 4.69) is 4.98 Å². The van der Waals surface area contributed by atoms with Crippen LogP contribution in [0.15, 0.2) is 77.7 Å². The van der Waals surface area contributed by atoms with Crippen molar-refractivity contribution in [1.82, 2.24) is 9.55 Å². The second-order valence-corrected chi connectivity index (χ2v) is 6.26. The summed E-state index contributed by atoms with van der Waals surface area (Å²) in [6.07, 6.45) is 1.71. The van der Waals surface area contributed by atoms with Gasteiger partial charge in [0.2, 0.25) is 0 Å². The molecule has 0 saturated carbocycles. The second-order valence-electron chi connectivity index (χ2n) is 6.26. The van der Waals surface area contributed by atoms with E-state index in [0.717, 1.165) is 22.2 Å². The molecule has 0 amide bonds. The zero-order chi connectivity index (χ0) is 17.4. The van der Waals surface area contributed by atoms with E-state index in [-0.39, 0.29) is 11.6 Å². The molecule has 4 rings (SSSR count). The van der Waals surface area contributed by atoms with E-state index in [1.54, 1.807) is 16.8 Å². The first kappa shape index (κ1) is 15.3. The van der Waals surface area contributed by atoms with Gasteiger partial charge < -0.3 is 15.3 Å². The van der Waals surface area contributed by atoms with E-state index in [1.807, 2.05) is 67.6 Å². The lowest BCUT2D eigenvalue weighted by atomic mass is 10.1. The maximum absolute atomic E-state index is 13.1. The van der Waals surface area contributed by atoms with Gasteiger partial charge >= 0.3 is 0 Å². The Labute approximate surface area is 145 Å². The van der Waals surface area contributed by atoms with Gasteiger partial charge in [0.15, 0.2) is 0 Å². The minimum Gasteiger partial charge on any atom is -0.398 e. The number of nitrogen functional groups attached to an aromatic ring is 1. The summed E-state index contributed by atoms with van der Waals surface area (Å²) in [5, 5.41) is 1.07. The van der Waals surface area contributed by atoms with Gasteiger partial charge in [0.25, 0.3) is 5.56 Å². The molecule has 0 saturated heterocycles. The quantitative estimate of drug-likeness (QED) is 0.592. The van der Waals surface area contributed by atoms with Crippen LogP contribution in [0.5, 0.6) is 0 Å². The minimum absolute atomic E-state index is 0.0582. The number of fused-ring (bicyclic) bond motifs is 1. The fraction of sp³-hybridized carbons (Fsp3) is 0.0952. The summed E-state index contributed by atoms with van der Waals surface area (Å²) in [7, 11) is 0. The number of rotatable bonds is 3. The Hall–Kier alpha value is -3.27. The third kappa shape index (κ3) is 2.72. The molecule has 2 heterocycles. The number of pyridine rings is 1. The molecule has 4 nitrogen and oxygen atoms in total. The Morgan fingerprint density at radius 1 is 1.00 bits per heavy atom. The van der Waals surface area contributed by atoms with Gasteiger partial charge in [-0.1, -0.05) is 48.5 Å². The van der Waals surface area contributed by atoms with Crippen molar-refractivity contribution >= 4 is 16.6 Å². The van der Waals surface area contributed by atoms with Gasteiger partial charge in [-0.05, 0) is 30.7 Å². The molecule has 0 fully saturated rings. The summed E-state index contributed by atoms with van der Waals surface area (Å²) in [6.45, 7) is 2.01. The van der Waals surface area contributed by atoms with Crippen LogP contribution in [-0.4, -0.2) is 9.55 Å². The molecule has 1 atom stereocenters. The number of benzene rings is 2. The maximum atomic E-state index is 13.1. The van der Waals surface area contributed by atoms with Gasteiger partial charge in [0.1, 0.15) is 0 Å². The number of hydrogen-bond acceptors (Lipinski definition) is 2. The summed E-state index contributed by atoms with van der Waals surface area (Å²) in [6, 6.07) is 21.5. The largest absolute Gasteiger partial charge is 0.398 e. The molecule has 3 N–H and O–H groups in total. The highest BCUT2D eigenvalue weighted by Crippen LogP contribution is 2.24. The summed E-state index contributed by atoms with van der Waals surface area (Å²) in [4.78, 5) is 16.4. The van der Waals surface area contributed by atoms with E-state index >= 15 is 0 Å². The minimum atomic E-state index is -0.0969. The van der Waals surface area contributed by atoms with Crippen molar-refractivity contribution in [3.05, 3.63) is 88.8 Å². The van der Waals surface area contributed by atoms with Crippen LogP contribution >= 0.6 is 0 Å². The van der Waals surface area contributed by atoms with E-state index in [1.165, 1.54) is 0 Å². The standard InChI is InChI=1S/C21H19N3O/c1-14(15-7-3-2-4-8-15)24-13-17(22)12-18(21(24)25)20-11-16-9-5-6-10-19(16)23-20/h2-14,23H,22H2,1H3/t14-/m0/s1. The number of aromatic amines is 1. The molecular formula is C21H19N3O. The van der Waals surface area contributed by atoms with Crippen LogP contribution in [0, 0.1) is 0 Å². The first-order chi connectivity index (χ1) is 12.1. The van der Waals surface area contributed by atoms with Crippen LogP contribution in [0.1, 0.15) is 18.5 Å². The number of H-pyrrole nitrogens is 1. The zero-order valence-electron chi connectivity index (χ0n) is 13.9. The Bertz CT molecular complexity index is 1060. The first-order valence-corrected chi connectivity index (χ1v) is 8.28. The second kappa shape index (κ2) is 5.98. The summed E-state index contributed by atoms with van der Waals surface area (Å²) < 4.78 is 1.70. The van der Waals surface area contributed by atoms with Crippen molar-refractivity contribution in [3.63, 3.8) is 0 Å². The number of aromatic nitrogens is 2. The molecule has 4 heteroatoms. The molecule has 0 radical (unpaired) electrons.